The van der Waals surface area contributed by atoms with Gasteiger partial charge in [0.05, 0.1) is 28.5 Å². The molecule has 0 fully saturated rings. The number of benzene rings is 1. The summed E-state index contributed by atoms with van der Waals surface area (Å²) in [6.07, 6.45) is 1.49. The third-order valence-corrected chi connectivity index (χ3v) is 3.42. The first-order chi connectivity index (χ1) is 8.63. The number of amides is 1. The Bertz CT molecular complexity index is 571. The zero-order valence-electron chi connectivity index (χ0n) is 9.81. The predicted octanol–water partition coefficient (Wildman–Crippen LogP) is 2.41. The number of carbonyl (C=O) groups excluding carboxylic acids is 1. The van der Waals surface area contributed by atoms with Crippen LogP contribution in [0, 0.1) is 0 Å². The molecule has 5 nitrogen and oxygen atoms in total. The number of fused-ring (bicyclic) bond motifs is 1. The number of hydrogen-bond acceptors (Lipinski definition) is 5. The second-order valence-electron chi connectivity index (χ2n) is 3.94. The number of rotatable bonds is 4. The minimum absolute atomic E-state index is 0.251. The summed E-state index contributed by atoms with van der Waals surface area (Å²) in [6, 6.07) is 2.92. The molecular formula is C11H13ClN4OS. The highest BCUT2D eigenvalue weighted by Gasteiger charge is 2.17. The molecule has 2 aromatic rings. The minimum Gasteiger partial charge on any atom is -0.322 e. The van der Waals surface area contributed by atoms with Crippen LogP contribution in [0.4, 0.5) is 5.69 Å². The predicted molar refractivity (Wildman–Crippen MR) is 73.9 cm³/mol. The molecule has 0 radical (unpaired) electrons. The molecule has 0 aliphatic rings. The molecule has 96 valence electrons. The van der Waals surface area contributed by atoms with Crippen molar-refractivity contribution >= 4 is 46.0 Å². The zero-order valence-corrected chi connectivity index (χ0v) is 11.4. The van der Waals surface area contributed by atoms with Gasteiger partial charge < -0.3 is 11.1 Å². The average Bonchev–Trinajstić information content (AvgIpc) is 2.81. The first-order valence-corrected chi connectivity index (χ1v) is 6.71. The molecule has 1 aromatic heterocycles. The summed E-state index contributed by atoms with van der Waals surface area (Å²) in [7, 11) is 0. The van der Waals surface area contributed by atoms with Crippen molar-refractivity contribution in [2.24, 2.45) is 5.73 Å². The van der Waals surface area contributed by atoms with E-state index in [1.165, 1.54) is 0 Å². The third-order valence-electron chi connectivity index (χ3n) is 2.56. The number of anilines is 1. The van der Waals surface area contributed by atoms with E-state index < -0.39 is 6.04 Å². The third kappa shape index (κ3) is 2.60. The summed E-state index contributed by atoms with van der Waals surface area (Å²) < 4.78 is 8.23. The number of nitrogens with two attached hydrogens (primary N) is 1. The Morgan fingerprint density at radius 3 is 3.06 bits per heavy atom. The van der Waals surface area contributed by atoms with Crippen LogP contribution in [0.15, 0.2) is 12.1 Å². The van der Waals surface area contributed by atoms with Crippen LogP contribution in [0.5, 0.6) is 0 Å². The van der Waals surface area contributed by atoms with Crippen molar-refractivity contribution in [3.63, 3.8) is 0 Å². The smallest absolute Gasteiger partial charge is 0.241 e. The largest absolute Gasteiger partial charge is 0.322 e. The lowest BCUT2D eigenvalue weighted by Crippen LogP contribution is -2.35. The molecule has 0 bridgehead atoms. The lowest BCUT2D eigenvalue weighted by molar-refractivity contribution is -0.117. The first-order valence-electron chi connectivity index (χ1n) is 5.60. The molecule has 0 aliphatic carbocycles. The quantitative estimate of drug-likeness (QED) is 0.903. The van der Waals surface area contributed by atoms with Gasteiger partial charge in [0.25, 0.3) is 0 Å². The lowest BCUT2D eigenvalue weighted by Gasteiger charge is -2.12. The van der Waals surface area contributed by atoms with E-state index in [1.54, 1.807) is 12.1 Å². The standard InChI is InChI=1S/C11H13ClN4OS/c1-2-3-7(13)11(17)14-9-6(12)4-5-8-10(9)16-18-15-8/h4-5,7H,2-3,13H2,1H3,(H,14,17)/t7-/m0/s1. The van der Waals surface area contributed by atoms with Crippen molar-refractivity contribution in [3.05, 3.63) is 17.2 Å². The van der Waals surface area contributed by atoms with Gasteiger partial charge in [-0.25, -0.2) is 0 Å². The summed E-state index contributed by atoms with van der Waals surface area (Å²) in [6.45, 7) is 1.98. The molecule has 18 heavy (non-hydrogen) atoms. The number of nitrogens with zero attached hydrogens (tertiary/aromatic N) is 2. The van der Waals surface area contributed by atoms with Crippen molar-refractivity contribution in [3.8, 4) is 0 Å². The number of aromatic nitrogens is 2. The van der Waals surface area contributed by atoms with Crippen LogP contribution in [-0.2, 0) is 4.79 Å². The fourth-order valence-corrected chi connectivity index (χ4v) is 2.35. The fourth-order valence-electron chi connectivity index (χ4n) is 1.60. The SMILES string of the molecule is CCC[C@H](N)C(=O)Nc1c(Cl)ccc2nsnc12. The molecule has 0 unspecified atom stereocenters. The van der Waals surface area contributed by atoms with Gasteiger partial charge in [-0.2, -0.15) is 8.75 Å². The molecule has 1 aromatic carbocycles. The van der Waals surface area contributed by atoms with E-state index in [9.17, 15) is 4.79 Å². The highest BCUT2D eigenvalue weighted by molar-refractivity contribution is 7.00. The Hall–Kier alpha value is -1.24. The van der Waals surface area contributed by atoms with Crippen LogP contribution in [0.2, 0.25) is 5.02 Å². The Morgan fingerprint density at radius 2 is 2.33 bits per heavy atom. The molecule has 1 atom stereocenters. The summed E-state index contributed by atoms with van der Waals surface area (Å²) in [5.41, 5.74) is 7.56. The Balaban J connectivity index is 2.28. The minimum atomic E-state index is -0.534. The Kier molecular flexibility index (Phi) is 4.11. The average molecular weight is 285 g/mol. The molecule has 3 N–H and O–H groups in total. The lowest BCUT2D eigenvalue weighted by atomic mass is 10.1. The van der Waals surface area contributed by atoms with E-state index in [0.29, 0.717) is 28.2 Å². The van der Waals surface area contributed by atoms with E-state index in [0.717, 1.165) is 18.1 Å². The Labute approximate surface area is 114 Å². The molecule has 0 spiro atoms. The topological polar surface area (TPSA) is 80.9 Å². The van der Waals surface area contributed by atoms with E-state index in [2.05, 4.69) is 14.1 Å². The van der Waals surface area contributed by atoms with Crippen LogP contribution in [0.25, 0.3) is 11.0 Å². The second kappa shape index (κ2) is 5.60. The van der Waals surface area contributed by atoms with Gasteiger partial charge in [-0.15, -0.1) is 0 Å². The van der Waals surface area contributed by atoms with Gasteiger partial charge in [0.15, 0.2) is 0 Å². The first kappa shape index (κ1) is 13.2. The highest BCUT2D eigenvalue weighted by Crippen LogP contribution is 2.29. The van der Waals surface area contributed by atoms with Crippen LogP contribution >= 0.6 is 23.3 Å². The summed E-state index contributed by atoms with van der Waals surface area (Å²) in [5.74, 6) is -0.251. The fraction of sp³-hybridized carbons (Fsp3) is 0.364. The summed E-state index contributed by atoms with van der Waals surface area (Å²) >= 11 is 7.15. The van der Waals surface area contributed by atoms with E-state index >= 15 is 0 Å². The maximum Gasteiger partial charge on any atom is 0.241 e. The van der Waals surface area contributed by atoms with Crippen LogP contribution in [0.3, 0.4) is 0 Å². The molecule has 1 heterocycles. The molecule has 0 saturated carbocycles. The van der Waals surface area contributed by atoms with E-state index in [-0.39, 0.29) is 5.91 Å². The molecule has 2 rings (SSSR count). The van der Waals surface area contributed by atoms with Gasteiger partial charge in [0.1, 0.15) is 11.0 Å². The van der Waals surface area contributed by atoms with Crippen molar-refractivity contribution in [2.45, 2.75) is 25.8 Å². The van der Waals surface area contributed by atoms with E-state index in [4.69, 9.17) is 17.3 Å². The second-order valence-corrected chi connectivity index (χ2v) is 4.87. The highest BCUT2D eigenvalue weighted by atomic mass is 35.5. The van der Waals surface area contributed by atoms with Crippen molar-refractivity contribution in [2.75, 3.05) is 5.32 Å². The molecule has 0 aliphatic heterocycles. The number of carbonyl (C=O) groups is 1. The number of nitrogens with one attached hydrogen (secondary N) is 1. The van der Waals surface area contributed by atoms with Gasteiger partial charge in [0, 0.05) is 0 Å². The Morgan fingerprint density at radius 1 is 1.56 bits per heavy atom. The van der Waals surface area contributed by atoms with Crippen molar-refractivity contribution in [1.82, 2.24) is 8.75 Å². The van der Waals surface area contributed by atoms with Crippen LogP contribution < -0.4 is 11.1 Å². The summed E-state index contributed by atoms with van der Waals surface area (Å²) in [5, 5.41) is 3.17. The molecular weight excluding hydrogens is 272 g/mol. The summed E-state index contributed by atoms with van der Waals surface area (Å²) in [4.78, 5) is 11.9. The molecule has 7 heteroatoms. The van der Waals surface area contributed by atoms with Gasteiger partial charge in [-0.3, -0.25) is 4.79 Å². The van der Waals surface area contributed by atoms with E-state index in [1.807, 2.05) is 6.92 Å². The van der Waals surface area contributed by atoms with Crippen LogP contribution in [0.1, 0.15) is 19.8 Å². The monoisotopic (exact) mass is 284 g/mol. The van der Waals surface area contributed by atoms with Gasteiger partial charge in [-0.1, -0.05) is 24.9 Å². The number of hydrogen-bond donors (Lipinski definition) is 2. The van der Waals surface area contributed by atoms with Crippen molar-refractivity contribution < 1.29 is 4.79 Å². The molecule has 0 saturated heterocycles. The van der Waals surface area contributed by atoms with Crippen molar-refractivity contribution in [1.29, 1.82) is 0 Å². The maximum atomic E-state index is 11.9. The van der Waals surface area contributed by atoms with Gasteiger partial charge in [0.2, 0.25) is 5.91 Å². The van der Waals surface area contributed by atoms with Gasteiger partial charge in [-0.05, 0) is 18.6 Å². The maximum absolute atomic E-state index is 11.9. The number of halogens is 1. The van der Waals surface area contributed by atoms with Gasteiger partial charge >= 0.3 is 0 Å². The zero-order chi connectivity index (χ0) is 13.1. The van der Waals surface area contributed by atoms with Crippen LogP contribution in [-0.4, -0.2) is 20.7 Å². The normalized spacial score (nSPS) is 12.6. The molecule has 1 amide bonds.